The summed E-state index contributed by atoms with van der Waals surface area (Å²) < 4.78 is 0.687. The number of amidine groups is 1. The Morgan fingerprint density at radius 2 is 1.88 bits per heavy atom. The average Bonchev–Trinajstić information content (AvgIpc) is 2.59. The number of hydrogen-bond acceptors (Lipinski definition) is 6. The van der Waals surface area contributed by atoms with Gasteiger partial charge in [0, 0.05) is 5.56 Å². The summed E-state index contributed by atoms with van der Waals surface area (Å²) in [6.45, 7) is 0. The van der Waals surface area contributed by atoms with Crippen molar-refractivity contribution in [2.75, 3.05) is 0 Å². The SMILES string of the molecule is N=c1c(/C(N)=N\N=C/c2ccccc2O)nc2ccccc2n1O. The van der Waals surface area contributed by atoms with Gasteiger partial charge in [0.05, 0.1) is 11.7 Å². The summed E-state index contributed by atoms with van der Waals surface area (Å²) in [7, 11) is 0. The number of phenols is 1. The normalized spacial score (nSPS) is 12.1. The summed E-state index contributed by atoms with van der Waals surface area (Å²) in [5.41, 5.74) is 6.86. The van der Waals surface area contributed by atoms with Gasteiger partial charge >= 0.3 is 0 Å². The minimum atomic E-state index is -0.298. The lowest BCUT2D eigenvalue weighted by atomic mass is 10.2. The highest BCUT2D eigenvalue weighted by molar-refractivity contribution is 5.97. The Labute approximate surface area is 136 Å². The van der Waals surface area contributed by atoms with Crippen LogP contribution in [0.1, 0.15) is 11.3 Å². The van der Waals surface area contributed by atoms with E-state index in [4.69, 9.17) is 11.1 Å². The molecule has 1 heterocycles. The number of nitrogens with one attached hydrogen (secondary N) is 1. The van der Waals surface area contributed by atoms with Crippen LogP contribution in [-0.2, 0) is 0 Å². The molecule has 0 unspecified atom stereocenters. The topological polar surface area (TPSA) is 133 Å². The van der Waals surface area contributed by atoms with Crippen LogP contribution >= 0.6 is 0 Å². The first-order chi connectivity index (χ1) is 11.6. The van der Waals surface area contributed by atoms with Crippen LogP contribution in [0.5, 0.6) is 5.75 Å². The molecule has 0 amide bonds. The van der Waals surface area contributed by atoms with E-state index < -0.39 is 0 Å². The summed E-state index contributed by atoms with van der Waals surface area (Å²) in [5, 5.41) is 35.2. The van der Waals surface area contributed by atoms with Crippen LogP contribution < -0.4 is 11.2 Å². The first-order valence-corrected chi connectivity index (χ1v) is 6.98. The molecule has 0 saturated heterocycles. The minimum Gasteiger partial charge on any atom is -0.507 e. The smallest absolute Gasteiger partial charge is 0.191 e. The summed E-state index contributed by atoms with van der Waals surface area (Å²) in [5.74, 6) is -0.0616. The average molecular weight is 322 g/mol. The van der Waals surface area contributed by atoms with Crippen LogP contribution in [0.4, 0.5) is 0 Å². The van der Waals surface area contributed by atoms with E-state index in [1.165, 1.54) is 12.3 Å². The molecule has 0 aliphatic heterocycles. The highest BCUT2D eigenvalue weighted by Gasteiger charge is 2.10. The second-order valence-corrected chi connectivity index (χ2v) is 4.90. The van der Waals surface area contributed by atoms with E-state index in [-0.39, 0.29) is 22.8 Å². The summed E-state index contributed by atoms with van der Waals surface area (Å²) in [6, 6.07) is 13.4. The third-order valence-corrected chi connectivity index (χ3v) is 3.32. The first kappa shape index (κ1) is 15.2. The molecule has 0 fully saturated rings. The van der Waals surface area contributed by atoms with Gasteiger partial charge in [-0.15, -0.1) is 5.10 Å². The largest absolute Gasteiger partial charge is 0.507 e. The van der Waals surface area contributed by atoms with Gasteiger partial charge in [-0.25, -0.2) is 4.98 Å². The van der Waals surface area contributed by atoms with Crippen molar-refractivity contribution in [3.05, 3.63) is 65.3 Å². The fourth-order valence-electron chi connectivity index (χ4n) is 2.11. The molecule has 0 bridgehead atoms. The maximum Gasteiger partial charge on any atom is 0.191 e. The van der Waals surface area contributed by atoms with Crippen LogP contribution in [0.15, 0.2) is 58.7 Å². The van der Waals surface area contributed by atoms with Crippen molar-refractivity contribution in [2.24, 2.45) is 15.9 Å². The van der Waals surface area contributed by atoms with Crippen LogP contribution in [0.25, 0.3) is 11.0 Å². The maximum atomic E-state index is 10.0. The van der Waals surface area contributed by atoms with Gasteiger partial charge in [-0.1, -0.05) is 24.3 Å². The number of para-hydroxylation sites is 3. The molecule has 5 N–H and O–H groups in total. The Balaban J connectivity index is 1.99. The number of nitrogens with two attached hydrogens (primary N) is 1. The zero-order chi connectivity index (χ0) is 17.1. The van der Waals surface area contributed by atoms with E-state index in [1.54, 1.807) is 42.5 Å². The maximum absolute atomic E-state index is 10.0. The Hall–Kier alpha value is -3.68. The lowest BCUT2D eigenvalue weighted by Crippen LogP contribution is -2.31. The predicted octanol–water partition coefficient (Wildman–Crippen LogP) is 1.20. The molecule has 3 aromatic rings. The van der Waals surface area contributed by atoms with Crippen LogP contribution in [0, 0.1) is 5.41 Å². The van der Waals surface area contributed by atoms with E-state index >= 15 is 0 Å². The number of phenolic OH excluding ortho intramolecular Hbond substituents is 1. The standard InChI is InChI=1S/C16H14N6O2/c17-15(21-19-9-10-5-1-4-8-13(10)23)14-16(18)22(24)12-7-3-2-6-11(12)20-14/h1-9,18,23-24H,(H2,17,21)/b18-16?,19-9-. The Bertz CT molecular complexity index is 1020. The number of aromatic nitrogens is 2. The number of hydrogen-bond donors (Lipinski definition) is 4. The second-order valence-electron chi connectivity index (χ2n) is 4.90. The van der Waals surface area contributed by atoms with Crippen LogP contribution in [-0.4, -0.2) is 32.1 Å². The van der Waals surface area contributed by atoms with E-state index in [1.807, 2.05) is 0 Å². The first-order valence-electron chi connectivity index (χ1n) is 6.98. The molecule has 24 heavy (non-hydrogen) atoms. The van der Waals surface area contributed by atoms with Gasteiger partial charge in [0.15, 0.2) is 17.0 Å². The van der Waals surface area contributed by atoms with Crippen molar-refractivity contribution in [1.82, 2.24) is 9.71 Å². The zero-order valence-electron chi connectivity index (χ0n) is 12.5. The fourth-order valence-corrected chi connectivity index (χ4v) is 2.11. The van der Waals surface area contributed by atoms with E-state index in [9.17, 15) is 10.3 Å². The van der Waals surface area contributed by atoms with Crippen molar-refractivity contribution in [3.63, 3.8) is 0 Å². The summed E-state index contributed by atoms with van der Waals surface area (Å²) in [4.78, 5) is 4.23. The highest BCUT2D eigenvalue weighted by Crippen LogP contribution is 2.12. The molecule has 8 heteroatoms. The zero-order valence-corrected chi connectivity index (χ0v) is 12.5. The van der Waals surface area contributed by atoms with Gasteiger partial charge in [-0.3, -0.25) is 5.41 Å². The molecule has 0 radical (unpaired) electrons. The predicted molar refractivity (Wildman–Crippen MR) is 89.2 cm³/mol. The molecule has 120 valence electrons. The van der Waals surface area contributed by atoms with Crippen molar-refractivity contribution in [3.8, 4) is 5.75 Å². The van der Waals surface area contributed by atoms with Gasteiger partial charge in [-0.2, -0.15) is 9.83 Å². The van der Waals surface area contributed by atoms with Crippen LogP contribution in [0.2, 0.25) is 0 Å². The van der Waals surface area contributed by atoms with Gasteiger partial charge < -0.3 is 16.0 Å². The number of rotatable bonds is 3. The summed E-state index contributed by atoms with van der Waals surface area (Å²) in [6.07, 6.45) is 1.33. The van der Waals surface area contributed by atoms with Crippen molar-refractivity contribution in [1.29, 1.82) is 5.41 Å². The monoisotopic (exact) mass is 322 g/mol. The Morgan fingerprint density at radius 3 is 2.67 bits per heavy atom. The lowest BCUT2D eigenvalue weighted by molar-refractivity contribution is 0.183. The minimum absolute atomic E-state index is 0.00522. The van der Waals surface area contributed by atoms with Gasteiger partial charge in [0.1, 0.15) is 11.3 Å². The van der Waals surface area contributed by atoms with Crippen molar-refractivity contribution >= 4 is 23.1 Å². The quantitative estimate of drug-likeness (QED) is 0.249. The van der Waals surface area contributed by atoms with Crippen molar-refractivity contribution < 1.29 is 10.3 Å². The van der Waals surface area contributed by atoms with E-state index in [0.717, 1.165) is 0 Å². The third kappa shape index (κ3) is 2.80. The van der Waals surface area contributed by atoms with Crippen LogP contribution in [0.3, 0.4) is 0 Å². The molecule has 0 atom stereocenters. The number of fused-ring (bicyclic) bond motifs is 1. The Kier molecular flexibility index (Phi) is 3.94. The van der Waals surface area contributed by atoms with Gasteiger partial charge in [0.2, 0.25) is 0 Å². The highest BCUT2D eigenvalue weighted by atomic mass is 16.5. The number of nitrogens with zero attached hydrogens (tertiary/aromatic N) is 4. The van der Waals surface area contributed by atoms with E-state index in [0.29, 0.717) is 21.3 Å². The molecule has 3 rings (SSSR count). The van der Waals surface area contributed by atoms with Gasteiger partial charge in [0.25, 0.3) is 0 Å². The molecule has 0 aliphatic carbocycles. The number of benzene rings is 2. The summed E-state index contributed by atoms with van der Waals surface area (Å²) >= 11 is 0. The molecular weight excluding hydrogens is 308 g/mol. The molecule has 0 spiro atoms. The molecule has 0 aliphatic rings. The second kappa shape index (κ2) is 6.21. The van der Waals surface area contributed by atoms with Gasteiger partial charge in [-0.05, 0) is 24.3 Å². The number of aromatic hydroxyl groups is 1. The van der Waals surface area contributed by atoms with E-state index in [2.05, 4.69) is 15.2 Å². The molecule has 1 aromatic heterocycles. The lowest BCUT2D eigenvalue weighted by Gasteiger charge is -2.06. The Morgan fingerprint density at radius 1 is 1.17 bits per heavy atom. The van der Waals surface area contributed by atoms with Crippen molar-refractivity contribution in [2.45, 2.75) is 0 Å². The molecule has 2 aromatic carbocycles. The fraction of sp³-hybridized carbons (Fsp3) is 0. The molecule has 8 nitrogen and oxygen atoms in total. The molecular formula is C16H14N6O2. The third-order valence-electron chi connectivity index (χ3n) is 3.32. The molecule has 0 saturated carbocycles.